The van der Waals surface area contributed by atoms with Gasteiger partial charge in [0.1, 0.15) is 0 Å². The molecule has 1 aliphatic heterocycles. The molecular formula is C14H22ClN3. The van der Waals surface area contributed by atoms with Crippen molar-refractivity contribution in [3.05, 3.63) is 29.3 Å². The van der Waals surface area contributed by atoms with E-state index < -0.39 is 0 Å². The SMILES string of the molecule is CC(N)CCN1CCN(c2ccc(Cl)cc2)CC1. The molecule has 1 saturated heterocycles. The Hall–Kier alpha value is -0.770. The van der Waals surface area contributed by atoms with Crippen LogP contribution in [0.5, 0.6) is 0 Å². The Kier molecular flexibility index (Phi) is 4.87. The smallest absolute Gasteiger partial charge is 0.0407 e. The van der Waals surface area contributed by atoms with Crippen LogP contribution in [0, 0.1) is 0 Å². The zero-order chi connectivity index (χ0) is 13.0. The standard InChI is InChI=1S/C14H22ClN3/c1-12(16)6-7-17-8-10-18(11-9-17)14-4-2-13(15)3-5-14/h2-5,12H,6-11,16H2,1H3. The average Bonchev–Trinajstić information content (AvgIpc) is 2.38. The van der Waals surface area contributed by atoms with E-state index in [4.69, 9.17) is 17.3 Å². The first-order valence-corrected chi connectivity index (χ1v) is 7.01. The molecule has 3 nitrogen and oxygen atoms in total. The Morgan fingerprint density at radius 2 is 1.78 bits per heavy atom. The van der Waals surface area contributed by atoms with Gasteiger partial charge in [0.05, 0.1) is 0 Å². The molecule has 4 heteroatoms. The maximum Gasteiger partial charge on any atom is 0.0407 e. The third-order valence-corrected chi connectivity index (χ3v) is 3.72. The molecule has 0 saturated carbocycles. The van der Waals surface area contributed by atoms with Crippen molar-refractivity contribution in [2.45, 2.75) is 19.4 Å². The van der Waals surface area contributed by atoms with Crippen LogP contribution in [0.1, 0.15) is 13.3 Å². The van der Waals surface area contributed by atoms with Crippen molar-refractivity contribution in [2.75, 3.05) is 37.6 Å². The number of nitrogens with two attached hydrogens (primary N) is 1. The van der Waals surface area contributed by atoms with E-state index in [-0.39, 0.29) is 0 Å². The van der Waals surface area contributed by atoms with E-state index in [0.29, 0.717) is 6.04 Å². The summed E-state index contributed by atoms with van der Waals surface area (Å²) in [6, 6.07) is 8.41. The van der Waals surface area contributed by atoms with E-state index in [1.807, 2.05) is 12.1 Å². The molecule has 0 bridgehead atoms. The van der Waals surface area contributed by atoms with Crippen LogP contribution in [0.4, 0.5) is 5.69 Å². The predicted molar refractivity (Wildman–Crippen MR) is 78.4 cm³/mol. The number of rotatable bonds is 4. The molecule has 1 heterocycles. The van der Waals surface area contributed by atoms with Crippen LogP contribution in [0.3, 0.4) is 0 Å². The van der Waals surface area contributed by atoms with Crippen molar-refractivity contribution in [1.29, 1.82) is 0 Å². The lowest BCUT2D eigenvalue weighted by molar-refractivity contribution is 0.250. The fourth-order valence-electron chi connectivity index (χ4n) is 2.27. The zero-order valence-corrected chi connectivity index (χ0v) is 11.7. The third-order valence-electron chi connectivity index (χ3n) is 3.46. The molecule has 2 N–H and O–H groups in total. The van der Waals surface area contributed by atoms with E-state index in [1.165, 1.54) is 5.69 Å². The Labute approximate surface area is 115 Å². The molecule has 0 spiro atoms. The quantitative estimate of drug-likeness (QED) is 0.908. The van der Waals surface area contributed by atoms with Crippen molar-refractivity contribution < 1.29 is 0 Å². The molecule has 1 fully saturated rings. The topological polar surface area (TPSA) is 32.5 Å². The Morgan fingerprint density at radius 3 is 2.33 bits per heavy atom. The van der Waals surface area contributed by atoms with Gasteiger partial charge in [-0.25, -0.2) is 0 Å². The summed E-state index contributed by atoms with van der Waals surface area (Å²) in [7, 11) is 0. The third kappa shape index (κ3) is 3.87. The van der Waals surface area contributed by atoms with Crippen LogP contribution in [-0.2, 0) is 0 Å². The van der Waals surface area contributed by atoms with Gasteiger partial charge in [0.25, 0.3) is 0 Å². The summed E-state index contributed by atoms with van der Waals surface area (Å²) in [4.78, 5) is 4.91. The molecule has 0 aromatic heterocycles. The van der Waals surface area contributed by atoms with Crippen molar-refractivity contribution in [1.82, 2.24) is 4.90 Å². The minimum atomic E-state index is 0.305. The lowest BCUT2D eigenvalue weighted by atomic mass is 10.2. The van der Waals surface area contributed by atoms with Gasteiger partial charge in [0.15, 0.2) is 0 Å². The average molecular weight is 268 g/mol. The van der Waals surface area contributed by atoms with Gasteiger partial charge in [0, 0.05) is 42.9 Å². The van der Waals surface area contributed by atoms with Crippen molar-refractivity contribution in [3.63, 3.8) is 0 Å². The van der Waals surface area contributed by atoms with E-state index >= 15 is 0 Å². The fraction of sp³-hybridized carbons (Fsp3) is 0.571. The summed E-state index contributed by atoms with van der Waals surface area (Å²) in [6.45, 7) is 7.60. The van der Waals surface area contributed by atoms with Gasteiger partial charge in [-0.05, 0) is 44.2 Å². The second kappa shape index (κ2) is 6.41. The van der Waals surface area contributed by atoms with Gasteiger partial charge in [-0.3, -0.25) is 4.90 Å². The number of anilines is 1. The highest BCUT2D eigenvalue weighted by Gasteiger charge is 2.16. The largest absolute Gasteiger partial charge is 0.369 e. The van der Waals surface area contributed by atoms with Crippen molar-refractivity contribution in [2.24, 2.45) is 5.73 Å². The van der Waals surface area contributed by atoms with E-state index in [9.17, 15) is 0 Å². The highest BCUT2D eigenvalue weighted by Crippen LogP contribution is 2.19. The molecule has 1 unspecified atom stereocenters. The predicted octanol–water partition coefficient (Wildman–Crippen LogP) is 2.20. The van der Waals surface area contributed by atoms with Crippen molar-refractivity contribution >= 4 is 17.3 Å². The summed E-state index contributed by atoms with van der Waals surface area (Å²) >= 11 is 5.91. The van der Waals surface area contributed by atoms with Crippen molar-refractivity contribution in [3.8, 4) is 0 Å². The molecule has 1 aromatic rings. The van der Waals surface area contributed by atoms with Crippen LogP contribution in [0.25, 0.3) is 0 Å². The van der Waals surface area contributed by atoms with Crippen LogP contribution in [0.15, 0.2) is 24.3 Å². The van der Waals surface area contributed by atoms with Gasteiger partial charge in [-0.1, -0.05) is 11.6 Å². The van der Waals surface area contributed by atoms with Gasteiger partial charge in [-0.15, -0.1) is 0 Å². The first-order valence-electron chi connectivity index (χ1n) is 6.63. The Morgan fingerprint density at radius 1 is 1.17 bits per heavy atom. The maximum atomic E-state index is 5.91. The number of hydrogen-bond donors (Lipinski definition) is 1. The second-order valence-electron chi connectivity index (χ2n) is 5.07. The normalized spacial score (nSPS) is 18.9. The summed E-state index contributed by atoms with van der Waals surface area (Å²) in [5, 5.41) is 0.800. The summed E-state index contributed by atoms with van der Waals surface area (Å²) < 4.78 is 0. The summed E-state index contributed by atoms with van der Waals surface area (Å²) in [5.41, 5.74) is 7.06. The number of nitrogens with zero attached hydrogens (tertiary/aromatic N) is 2. The lowest BCUT2D eigenvalue weighted by Gasteiger charge is -2.36. The Bertz CT molecular complexity index is 356. The minimum absolute atomic E-state index is 0.305. The van der Waals surface area contributed by atoms with Gasteiger partial charge < -0.3 is 10.6 Å². The van der Waals surface area contributed by atoms with Gasteiger partial charge in [0.2, 0.25) is 0 Å². The van der Waals surface area contributed by atoms with Gasteiger partial charge >= 0.3 is 0 Å². The molecule has 100 valence electrons. The Balaban J connectivity index is 1.81. The summed E-state index contributed by atoms with van der Waals surface area (Å²) in [5.74, 6) is 0. The first kappa shape index (κ1) is 13.7. The molecule has 0 amide bonds. The molecule has 1 aromatic carbocycles. The number of piperazine rings is 1. The molecule has 1 atom stereocenters. The first-order chi connectivity index (χ1) is 8.65. The highest BCUT2D eigenvalue weighted by atomic mass is 35.5. The molecule has 2 rings (SSSR count). The molecule has 18 heavy (non-hydrogen) atoms. The van der Waals surface area contributed by atoms with Crippen LogP contribution >= 0.6 is 11.6 Å². The number of benzene rings is 1. The monoisotopic (exact) mass is 267 g/mol. The van der Waals surface area contributed by atoms with Gasteiger partial charge in [-0.2, -0.15) is 0 Å². The molecule has 0 aliphatic carbocycles. The summed E-state index contributed by atoms with van der Waals surface area (Å²) in [6.07, 6.45) is 1.08. The van der Waals surface area contributed by atoms with Crippen LogP contribution in [-0.4, -0.2) is 43.7 Å². The zero-order valence-electron chi connectivity index (χ0n) is 11.0. The highest BCUT2D eigenvalue weighted by molar-refractivity contribution is 6.30. The molecular weight excluding hydrogens is 246 g/mol. The maximum absolute atomic E-state index is 5.91. The van der Waals surface area contributed by atoms with E-state index in [1.54, 1.807) is 0 Å². The number of halogens is 1. The minimum Gasteiger partial charge on any atom is -0.369 e. The molecule has 1 aliphatic rings. The van der Waals surface area contributed by atoms with E-state index in [2.05, 4.69) is 28.9 Å². The van der Waals surface area contributed by atoms with Crippen LogP contribution < -0.4 is 10.6 Å². The van der Waals surface area contributed by atoms with E-state index in [0.717, 1.165) is 44.2 Å². The van der Waals surface area contributed by atoms with Crippen LogP contribution in [0.2, 0.25) is 5.02 Å². The second-order valence-corrected chi connectivity index (χ2v) is 5.51. The fourth-order valence-corrected chi connectivity index (χ4v) is 2.39. The number of hydrogen-bond acceptors (Lipinski definition) is 3. The molecule has 0 radical (unpaired) electrons. The lowest BCUT2D eigenvalue weighted by Crippen LogP contribution is -2.47.